The first-order valence-corrected chi connectivity index (χ1v) is 17.5. The standard InChI is InChI=1S/C32H44F2N6O6S/c1-21(2)27(35)30(42)46-19-14-36-47(43,44)22-4-5-23(24(20-22)39-15-10-31(8-9-31)11-16-39)29(41)38-26-7-6-25(45-3)28(37-26)40-17-12-32(33,34)13-18-40/h4-7,20-21,27,36H,8-19,35H2,1-3H3,(H,37,38,41)/t27-/m0/s1. The number of pyridine rings is 1. The Kier molecular flexibility index (Phi) is 10.3. The first-order chi connectivity index (χ1) is 22.2. The van der Waals surface area contributed by atoms with Crippen molar-refractivity contribution in [2.24, 2.45) is 17.1 Å². The number of amides is 1. The highest BCUT2D eigenvalue weighted by Gasteiger charge is 2.45. The third kappa shape index (κ3) is 8.30. The SMILES string of the molecule is COc1ccc(NC(=O)c2ccc(S(=O)(=O)NCCOC(=O)[C@@H](N)C(C)C)cc2N2CCC3(CC2)CC3)nc1N1CCC(F)(F)CC1. The van der Waals surface area contributed by atoms with Gasteiger partial charge in [-0.3, -0.25) is 9.59 Å². The molecule has 1 aromatic carbocycles. The van der Waals surface area contributed by atoms with Gasteiger partial charge in [0.2, 0.25) is 10.0 Å². The zero-order valence-corrected chi connectivity index (χ0v) is 27.9. The maximum Gasteiger partial charge on any atom is 0.323 e. The lowest BCUT2D eigenvalue weighted by atomic mass is 9.93. The number of nitrogens with two attached hydrogens (primary N) is 1. The average molecular weight is 679 g/mol. The number of nitrogens with one attached hydrogen (secondary N) is 2. The number of rotatable bonds is 12. The van der Waals surface area contributed by atoms with Crippen LogP contribution >= 0.6 is 0 Å². The van der Waals surface area contributed by atoms with E-state index in [9.17, 15) is 26.8 Å². The van der Waals surface area contributed by atoms with E-state index in [4.69, 9.17) is 15.2 Å². The normalized spacial score (nSPS) is 19.4. The zero-order chi connectivity index (χ0) is 34.0. The second-order valence-corrected chi connectivity index (χ2v) is 14.8. The quantitative estimate of drug-likeness (QED) is 0.223. The van der Waals surface area contributed by atoms with E-state index < -0.39 is 33.9 Å². The van der Waals surface area contributed by atoms with E-state index in [2.05, 4.69) is 15.0 Å². The van der Waals surface area contributed by atoms with Crippen LogP contribution in [0.2, 0.25) is 0 Å². The number of carbonyl (C=O) groups is 2. The molecule has 15 heteroatoms. The molecule has 1 spiro atoms. The van der Waals surface area contributed by atoms with E-state index >= 15 is 0 Å². The number of sulfonamides is 1. The number of anilines is 3. The number of methoxy groups -OCH3 is 1. The minimum absolute atomic E-state index is 0.0345. The number of alkyl halides is 2. The molecule has 1 amide bonds. The molecule has 1 aromatic heterocycles. The summed E-state index contributed by atoms with van der Waals surface area (Å²) in [6, 6.07) is 6.71. The fourth-order valence-electron chi connectivity index (χ4n) is 5.93. The molecule has 258 valence electrons. The molecule has 3 fully saturated rings. The predicted octanol–water partition coefficient (Wildman–Crippen LogP) is 3.76. The molecule has 0 unspecified atom stereocenters. The number of hydrogen-bond acceptors (Lipinski definition) is 10. The Morgan fingerprint density at radius 1 is 1.00 bits per heavy atom. The van der Waals surface area contributed by atoms with Crippen molar-refractivity contribution in [1.29, 1.82) is 0 Å². The molecule has 2 aliphatic heterocycles. The number of carbonyl (C=O) groups excluding carboxylic acids is 2. The topological polar surface area (TPSA) is 156 Å². The Labute approximate surface area is 274 Å². The van der Waals surface area contributed by atoms with Crippen LogP contribution < -0.4 is 30.3 Å². The summed E-state index contributed by atoms with van der Waals surface area (Å²) in [5, 5.41) is 2.81. The monoisotopic (exact) mass is 678 g/mol. The molecule has 3 aliphatic rings. The number of benzene rings is 1. The first-order valence-electron chi connectivity index (χ1n) is 16.0. The fourth-order valence-corrected chi connectivity index (χ4v) is 6.96. The molecule has 4 N–H and O–H groups in total. The highest BCUT2D eigenvalue weighted by Crippen LogP contribution is 2.54. The van der Waals surface area contributed by atoms with Gasteiger partial charge in [0.1, 0.15) is 18.5 Å². The Hall–Kier alpha value is -3.56. The number of piperidine rings is 2. The minimum atomic E-state index is -4.02. The summed E-state index contributed by atoms with van der Waals surface area (Å²) in [6.07, 6.45) is 3.64. The molecule has 5 rings (SSSR count). The highest BCUT2D eigenvalue weighted by molar-refractivity contribution is 7.89. The third-order valence-electron chi connectivity index (χ3n) is 9.37. The largest absolute Gasteiger partial charge is 0.493 e. The van der Waals surface area contributed by atoms with Crippen molar-refractivity contribution in [2.75, 3.05) is 61.6 Å². The number of nitrogens with zero attached hydrogens (tertiary/aromatic N) is 3. The summed E-state index contributed by atoms with van der Waals surface area (Å²) in [7, 11) is -2.55. The number of ether oxygens (including phenoxy) is 2. The van der Waals surface area contributed by atoms with Crippen LogP contribution in [0, 0.1) is 11.3 Å². The van der Waals surface area contributed by atoms with Gasteiger partial charge >= 0.3 is 5.97 Å². The lowest BCUT2D eigenvalue weighted by Crippen LogP contribution is -2.40. The van der Waals surface area contributed by atoms with Gasteiger partial charge in [-0.25, -0.2) is 26.9 Å². The van der Waals surface area contributed by atoms with E-state index in [1.807, 2.05) is 4.90 Å². The Bertz CT molecular complexity index is 1570. The van der Waals surface area contributed by atoms with Crippen molar-refractivity contribution in [2.45, 2.75) is 69.2 Å². The van der Waals surface area contributed by atoms with E-state index in [-0.39, 0.29) is 61.3 Å². The maximum atomic E-state index is 13.8. The third-order valence-corrected chi connectivity index (χ3v) is 10.8. The second-order valence-electron chi connectivity index (χ2n) is 13.0. The maximum absolute atomic E-state index is 13.8. The van der Waals surface area contributed by atoms with Gasteiger partial charge in [-0.2, -0.15) is 0 Å². The molecule has 2 saturated heterocycles. The van der Waals surface area contributed by atoms with Crippen LogP contribution in [0.5, 0.6) is 5.75 Å². The Balaban J connectivity index is 1.34. The fraction of sp³-hybridized carbons (Fsp3) is 0.594. The van der Waals surface area contributed by atoms with Crippen molar-refractivity contribution in [3.8, 4) is 5.75 Å². The Morgan fingerprint density at radius 2 is 1.66 bits per heavy atom. The molecule has 1 atom stereocenters. The van der Waals surface area contributed by atoms with Crippen molar-refractivity contribution >= 4 is 39.2 Å². The van der Waals surface area contributed by atoms with Crippen molar-refractivity contribution < 1.29 is 36.3 Å². The summed E-state index contributed by atoms with van der Waals surface area (Å²) < 4.78 is 67.1. The summed E-state index contributed by atoms with van der Waals surface area (Å²) in [5.74, 6) is -2.99. The van der Waals surface area contributed by atoms with Crippen molar-refractivity contribution in [1.82, 2.24) is 9.71 Å². The molecule has 2 aromatic rings. The number of halogens is 2. The molecule has 1 saturated carbocycles. The molecule has 47 heavy (non-hydrogen) atoms. The van der Waals surface area contributed by atoms with Gasteiger partial charge < -0.3 is 30.3 Å². The molecule has 3 heterocycles. The van der Waals surface area contributed by atoms with Crippen LogP contribution in [0.25, 0.3) is 0 Å². The number of aromatic nitrogens is 1. The van der Waals surface area contributed by atoms with E-state index in [1.165, 1.54) is 38.2 Å². The van der Waals surface area contributed by atoms with E-state index in [1.54, 1.807) is 30.9 Å². The molecule has 0 bridgehead atoms. The van der Waals surface area contributed by atoms with Gasteiger partial charge in [0.25, 0.3) is 11.8 Å². The highest BCUT2D eigenvalue weighted by atomic mass is 32.2. The van der Waals surface area contributed by atoms with Crippen LogP contribution in [0.3, 0.4) is 0 Å². The molecule has 12 nitrogen and oxygen atoms in total. The average Bonchev–Trinajstić information content (AvgIpc) is 3.80. The minimum Gasteiger partial charge on any atom is -0.493 e. The Morgan fingerprint density at radius 3 is 2.28 bits per heavy atom. The smallest absolute Gasteiger partial charge is 0.323 e. The van der Waals surface area contributed by atoms with Crippen molar-refractivity contribution in [3.63, 3.8) is 0 Å². The van der Waals surface area contributed by atoms with Crippen LogP contribution in [0.15, 0.2) is 35.2 Å². The number of esters is 1. The van der Waals surface area contributed by atoms with Gasteiger partial charge in [0.15, 0.2) is 11.6 Å². The van der Waals surface area contributed by atoms with Crippen LogP contribution in [0.4, 0.5) is 26.1 Å². The summed E-state index contributed by atoms with van der Waals surface area (Å²) >= 11 is 0. The van der Waals surface area contributed by atoms with Crippen LogP contribution in [-0.4, -0.2) is 83.7 Å². The molecule has 1 aliphatic carbocycles. The van der Waals surface area contributed by atoms with Gasteiger partial charge in [-0.05, 0) is 67.3 Å². The molecular formula is C32H44F2N6O6S. The first kappa shape index (κ1) is 34.8. The summed E-state index contributed by atoms with van der Waals surface area (Å²) in [6.45, 7) is 4.77. The zero-order valence-electron chi connectivity index (χ0n) is 27.1. The van der Waals surface area contributed by atoms with Gasteiger partial charge in [-0.1, -0.05) is 13.8 Å². The summed E-state index contributed by atoms with van der Waals surface area (Å²) in [5.41, 5.74) is 6.88. The molecule has 0 radical (unpaired) electrons. The lowest BCUT2D eigenvalue weighted by molar-refractivity contribution is -0.146. The van der Waals surface area contributed by atoms with Crippen LogP contribution in [-0.2, 0) is 19.6 Å². The molecular weight excluding hydrogens is 634 g/mol. The van der Waals surface area contributed by atoms with Gasteiger partial charge in [-0.15, -0.1) is 0 Å². The van der Waals surface area contributed by atoms with Gasteiger partial charge in [0.05, 0.1) is 23.3 Å². The number of hydrogen-bond donors (Lipinski definition) is 3. The predicted molar refractivity (Wildman–Crippen MR) is 174 cm³/mol. The lowest BCUT2D eigenvalue weighted by Gasteiger charge is -2.35. The van der Waals surface area contributed by atoms with E-state index in [0.717, 1.165) is 12.8 Å². The summed E-state index contributed by atoms with van der Waals surface area (Å²) in [4.78, 5) is 34.0. The van der Waals surface area contributed by atoms with E-state index in [0.29, 0.717) is 35.8 Å². The second kappa shape index (κ2) is 13.9. The van der Waals surface area contributed by atoms with Crippen LogP contribution in [0.1, 0.15) is 62.7 Å². The van der Waals surface area contributed by atoms with Crippen molar-refractivity contribution in [3.05, 3.63) is 35.9 Å². The van der Waals surface area contributed by atoms with Gasteiger partial charge in [0, 0.05) is 45.6 Å².